The van der Waals surface area contributed by atoms with Crippen LogP contribution in [0.4, 0.5) is 4.39 Å². The molecule has 5 N–H and O–H groups in total. The predicted octanol–water partition coefficient (Wildman–Crippen LogP) is 0.831. The van der Waals surface area contributed by atoms with Crippen molar-refractivity contribution < 1.29 is 33.8 Å². The van der Waals surface area contributed by atoms with Crippen LogP contribution in [0.25, 0.3) is 0 Å². The first kappa shape index (κ1) is 27.5. The van der Waals surface area contributed by atoms with Crippen molar-refractivity contribution in [2.45, 2.75) is 63.3 Å². The molecule has 0 radical (unpaired) electrons. The number of likely N-dealkylation sites (N-methyl/N-ethyl adjacent to an activating group) is 1. The van der Waals surface area contributed by atoms with Gasteiger partial charge in [0.15, 0.2) is 23.0 Å². The van der Waals surface area contributed by atoms with Crippen molar-refractivity contribution in [1.82, 2.24) is 9.80 Å². The van der Waals surface area contributed by atoms with Crippen LogP contribution in [-0.4, -0.2) is 87.3 Å². The molecule has 3 aliphatic carbocycles. The number of likely N-dealkylation sites (tertiary alicyclic amines) is 1. The number of hydrogen-bond donors (Lipinski definition) is 4. The molecular formula is C28H35FN4O6. The van der Waals surface area contributed by atoms with Crippen LogP contribution in [0, 0.1) is 34.9 Å². The number of nitrogens with zero attached hydrogens (tertiary/aromatic N) is 2. The van der Waals surface area contributed by atoms with Crippen LogP contribution in [0.15, 0.2) is 6.07 Å². The highest BCUT2D eigenvalue weighted by molar-refractivity contribution is 6.33. The van der Waals surface area contributed by atoms with Gasteiger partial charge in [0.25, 0.3) is 0 Å². The molecule has 0 aromatic heterocycles. The summed E-state index contributed by atoms with van der Waals surface area (Å²) in [5.41, 5.74) is 2.02. The first-order valence-corrected chi connectivity index (χ1v) is 13.5. The number of primary amides is 1. The van der Waals surface area contributed by atoms with E-state index in [1.807, 2.05) is 0 Å². The van der Waals surface area contributed by atoms with Crippen LogP contribution >= 0.6 is 0 Å². The fourth-order valence-corrected chi connectivity index (χ4v) is 7.49. The van der Waals surface area contributed by atoms with Crippen LogP contribution in [0.5, 0.6) is 5.75 Å². The number of carbonyl (C=O) groups is 4. The number of piperidine rings is 1. The van der Waals surface area contributed by atoms with Crippen LogP contribution in [0.2, 0.25) is 0 Å². The third-order valence-electron chi connectivity index (χ3n) is 9.45. The van der Waals surface area contributed by atoms with E-state index in [9.17, 15) is 29.4 Å². The zero-order valence-electron chi connectivity index (χ0n) is 22.4. The van der Waals surface area contributed by atoms with E-state index in [1.54, 1.807) is 14.1 Å². The number of Topliss-reactive ketones (excluding diaryl/α,β-unsaturated/α-hetero) is 3. The van der Waals surface area contributed by atoms with Gasteiger partial charge in [-0.3, -0.25) is 29.0 Å². The molecule has 0 bridgehead atoms. The van der Waals surface area contributed by atoms with E-state index < -0.39 is 75.8 Å². The topological polar surface area (TPSA) is 165 Å². The van der Waals surface area contributed by atoms with Gasteiger partial charge in [0.2, 0.25) is 5.91 Å². The summed E-state index contributed by atoms with van der Waals surface area (Å²) >= 11 is 0. The van der Waals surface area contributed by atoms with Crippen molar-refractivity contribution in [2.75, 3.05) is 20.6 Å². The lowest BCUT2D eigenvalue weighted by Gasteiger charge is -2.53. The number of hydrogen-bond acceptors (Lipinski definition) is 9. The minimum absolute atomic E-state index is 0.0336. The maximum Gasteiger partial charge on any atom is 0.233 e. The van der Waals surface area contributed by atoms with Crippen LogP contribution in [0.1, 0.15) is 54.1 Å². The van der Waals surface area contributed by atoms with Gasteiger partial charge in [-0.05, 0) is 65.2 Å². The van der Waals surface area contributed by atoms with Crippen molar-refractivity contribution >= 4 is 29.0 Å². The van der Waals surface area contributed by atoms with E-state index in [1.165, 1.54) is 11.0 Å². The first-order valence-electron chi connectivity index (χ1n) is 13.5. The Balaban J connectivity index is 1.56. The summed E-state index contributed by atoms with van der Waals surface area (Å²) in [7, 11) is 3.11. The number of benzene rings is 1. The van der Waals surface area contributed by atoms with Crippen LogP contribution in [-0.2, 0) is 27.3 Å². The number of phenols is 1. The molecule has 10 nitrogen and oxygen atoms in total. The molecule has 0 spiro atoms. The summed E-state index contributed by atoms with van der Waals surface area (Å²) in [6, 6.07) is 0.376. The van der Waals surface area contributed by atoms with E-state index >= 15 is 4.39 Å². The molecule has 2 saturated carbocycles. The third kappa shape index (κ3) is 3.96. The summed E-state index contributed by atoms with van der Waals surface area (Å²) < 4.78 is 16.0. The van der Waals surface area contributed by atoms with Gasteiger partial charge < -0.3 is 21.4 Å². The number of nitrogens with two attached hydrogens (primary N) is 1. The van der Waals surface area contributed by atoms with Crippen molar-refractivity contribution in [3.63, 3.8) is 0 Å². The summed E-state index contributed by atoms with van der Waals surface area (Å²) in [6.45, 7) is 3.15. The minimum Gasteiger partial charge on any atom is -0.507 e. The molecule has 7 unspecified atom stereocenters. The maximum atomic E-state index is 16.0. The standard InChI is InChI=1S/C28H35FN4O6/c1-12-6-4-5-7-33(12)11-14-10-17(34)19-15(21(14)29)8-13-9-16-22(32(2)3)24(36)20(27(31)38)25(30)28(16,39)26(37)18(13)23(19)35/h10,12-13,16,18,20,22,30,34,39H,4-9,11H2,1-3H3,(H2,31,38). The van der Waals surface area contributed by atoms with Gasteiger partial charge in [-0.2, -0.15) is 0 Å². The number of amides is 1. The monoisotopic (exact) mass is 542 g/mol. The summed E-state index contributed by atoms with van der Waals surface area (Å²) in [6.07, 6.45) is 3.00. The number of halogens is 1. The second-order valence-corrected chi connectivity index (χ2v) is 11.9. The zero-order valence-corrected chi connectivity index (χ0v) is 22.4. The molecule has 210 valence electrons. The van der Waals surface area contributed by atoms with E-state index in [2.05, 4.69) is 11.8 Å². The Morgan fingerprint density at radius 1 is 1.28 bits per heavy atom. The number of phenolic OH excluding ortho intramolecular Hbond substituents is 1. The SMILES string of the molecule is CC1CCCCN1Cc1cc(O)c2c(c1F)CC1CC3C(N(C)C)C(=O)C(C(N)=O)C(=N)C3(O)C(=O)C1C2=O. The number of aromatic hydroxyl groups is 1. The van der Waals surface area contributed by atoms with Crippen LogP contribution < -0.4 is 5.73 Å². The molecule has 1 aromatic rings. The molecule has 39 heavy (non-hydrogen) atoms. The molecular weight excluding hydrogens is 507 g/mol. The van der Waals surface area contributed by atoms with Gasteiger partial charge >= 0.3 is 0 Å². The fourth-order valence-electron chi connectivity index (χ4n) is 7.49. The van der Waals surface area contributed by atoms with Crippen molar-refractivity contribution in [2.24, 2.45) is 29.4 Å². The molecule has 1 aliphatic heterocycles. The van der Waals surface area contributed by atoms with Crippen LogP contribution in [0.3, 0.4) is 0 Å². The number of ketones is 3. The molecule has 1 aromatic carbocycles. The molecule has 7 atom stereocenters. The Bertz CT molecular complexity index is 1300. The Morgan fingerprint density at radius 3 is 2.59 bits per heavy atom. The Kier molecular flexibility index (Phi) is 6.76. The molecule has 1 saturated heterocycles. The lowest BCUT2D eigenvalue weighted by Crippen LogP contribution is -2.73. The Labute approximate surface area is 225 Å². The number of aliphatic hydroxyl groups is 1. The van der Waals surface area contributed by atoms with Gasteiger partial charge in [0, 0.05) is 29.6 Å². The fraction of sp³-hybridized carbons (Fsp3) is 0.607. The summed E-state index contributed by atoms with van der Waals surface area (Å²) in [5, 5.41) is 31.1. The number of rotatable bonds is 4. The van der Waals surface area contributed by atoms with E-state index in [0.717, 1.165) is 25.8 Å². The van der Waals surface area contributed by atoms with Gasteiger partial charge in [0.1, 0.15) is 17.5 Å². The average molecular weight is 543 g/mol. The van der Waals surface area contributed by atoms with Gasteiger partial charge in [-0.25, -0.2) is 4.39 Å². The summed E-state index contributed by atoms with van der Waals surface area (Å²) in [5.74, 6) is -9.85. The van der Waals surface area contributed by atoms with Crippen molar-refractivity contribution in [3.05, 3.63) is 28.6 Å². The van der Waals surface area contributed by atoms with Gasteiger partial charge in [-0.15, -0.1) is 0 Å². The van der Waals surface area contributed by atoms with E-state index in [-0.39, 0.29) is 42.1 Å². The van der Waals surface area contributed by atoms with E-state index in [4.69, 9.17) is 11.1 Å². The largest absolute Gasteiger partial charge is 0.507 e. The maximum absolute atomic E-state index is 16.0. The quantitative estimate of drug-likeness (QED) is 0.406. The highest BCUT2D eigenvalue weighted by Gasteiger charge is 2.67. The molecule has 4 aliphatic rings. The van der Waals surface area contributed by atoms with Gasteiger partial charge in [-0.1, -0.05) is 6.42 Å². The lowest BCUT2D eigenvalue weighted by molar-refractivity contribution is -0.157. The van der Waals surface area contributed by atoms with Crippen molar-refractivity contribution in [1.29, 1.82) is 5.41 Å². The highest BCUT2D eigenvalue weighted by Crippen LogP contribution is 2.51. The molecule has 1 amide bonds. The normalized spacial score (nSPS) is 35.0. The molecule has 11 heteroatoms. The van der Waals surface area contributed by atoms with Gasteiger partial charge in [0.05, 0.1) is 23.2 Å². The molecule has 5 rings (SSSR count). The third-order valence-corrected chi connectivity index (χ3v) is 9.45. The second kappa shape index (κ2) is 9.57. The number of nitrogens with one attached hydrogen (secondary N) is 1. The number of fused-ring (bicyclic) bond motifs is 3. The first-order chi connectivity index (χ1) is 18.3. The Hall–Kier alpha value is -3.02. The zero-order chi connectivity index (χ0) is 28.5. The molecule has 3 fully saturated rings. The minimum atomic E-state index is -2.57. The smallest absolute Gasteiger partial charge is 0.233 e. The van der Waals surface area contributed by atoms with E-state index in [0.29, 0.717) is 0 Å². The van der Waals surface area contributed by atoms with Crippen molar-refractivity contribution in [3.8, 4) is 5.75 Å². The predicted molar refractivity (Wildman–Crippen MR) is 138 cm³/mol. The average Bonchev–Trinajstić information content (AvgIpc) is 2.85. The molecule has 1 heterocycles. The lowest BCUT2D eigenvalue weighted by atomic mass is 9.52. The second-order valence-electron chi connectivity index (χ2n) is 11.9. The Morgan fingerprint density at radius 2 is 1.97 bits per heavy atom. The summed E-state index contributed by atoms with van der Waals surface area (Å²) in [4.78, 5) is 56.5. The highest BCUT2D eigenvalue weighted by atomic mass is 19.1. The number of carbonyl (C=O) groups excluding carboxylic acids is 4.